The van der Waals surface area contributed by atoms with Crippen molar-refractivity contribution in [2.24, 2.45) is 7.05 Å². The van der Waals surface area contributed by atoms with E-state index in [2.05, 4.69) is 20.6 Å². The van der Waals surface area contributed by atoms with Crippen LogP contribution in [0.3, 0.4) is 0 Å². The Labute approximate surface area is 128 Å². The molecule has 0 bridgehead atoms. The van der Waals surface area contributed by atoms with Crippen LogP contribution in [-0.2, 0) is 18.4 Å². The first-order chi connectivity index (χ1) is 9.93. The summed E-state index contributed by atoms with van der Waals surface area (Å²) in [5.41, 5.74) is 2.54. The number of aryl methyl sites for hydroxylation is 3. The van der Waals surface area contributed by atoms with Crippen molar-refractivity contribution >= 4 is 23.4 Å². The number of anilines is 1. The van der Waals surface area contributed by atoms with Crippen LogP contribution in [0.2, 0.25) is 0 Å². The first-order valence-corrected chi connectivity index (χ1v) is 7.67. The SMILES string of the molecule is CCn1cnnc1S[C@@H](C)C(=O)Nc1c(C)nn(C)c1C. The lowest BCUT2D eigenvalue weighted by Gasteiger charge is -2.12. The zero-order chi connectivity index (χ0) is 15.6. The fourth-order valence-electron chi connectivity index (χ4n) is 1.94. The summed E-state index contributed by atoms with van der Waals surface area (Å²) >= 11 is 1.40. The summed E-state index contributed by atoms with van der Waals surface area (Å²) < 4.78 is 3.67. The van der Waals surface area contributed by atoms with Crippen molar-refractivity contribution in [3.05, 3.63) is 17.7 Å². The molecule has 0 radical (unpaired) electrons. The number of nitrogens with one attached hydrogen (secondary N) is 1. The van der Waals surface area contributed by atoms with Gasteiger partial charge < -0.3 is 9.88 Å². The monoisotopic (exact) mass is 308 g/mol. The summed E-state index contributed by atoms with van der Waals surface area (Å²) in [5, 5.41) is 15.6. The van der Waals surface area contributed by atoms with Crippen LogP contribution >= 0.6 is 11.8 Å². The average Bonchev–Trinajstić information content (AvgIpc) is 2.98. The molecule has 0 aliphatic carbocycles. The molecule has 0 aliphatic heterocycles. The van der Waals surface area contributed by atoms with Gasteiger partial charge in [0, 0.05) is 13.6 Å². The van der Waals surface area contributed by atoms with E-state index < -0.39 is 0 Å². The van der Waals surface area contributed by atoms with Crippen LogP contribution < -0.4 is 5.32 Å². The molecular formula is C13H20N6OS. The van der Waals surface area contributed by atoms with Crippen LogP contribution in [0, 0.1) is 13.8 Å². The Morgan fingerprint density at radius 1 is 1.48 bits per heavy atom. The molecule has 0 unspecified atom stereocenters. The summed E-state index contributed by atoms with van der Waals surface area (Å²) in [4.78, 5) is 12.3. The maximum atomic E-state index is 12.3. The molecule has 0 spiro atoms. The average molecular weight is 308 g/mol. The number of rotatable bonds is 5. The molecule has 2 aromatic heterocycles. The van der Waals surface area contributed by atoms with E-state index in [-0.39, 0.29) is 11.2 Å². The normalized spacial score (nSPS) is 12.4. The van der Waals surface area contributed by atoms with Crippen LogP contribution in [0.15, 0.2) is 11.5 Å². The molecule has 2 rings (SSSR count). The number of carbonyl (C=O) groups is 1. The highest BCUT2D eigenvalue weighted by Crippen LogP contribution is 2.24. The predicted octanol–water partition coefficient (Wildman–Crippen LogP) is 1.77. The zero-order valence-corrected chi connectivity index (χ0v) is 13.7. The van der Waals surface area contributed by atoms with E-state index in [9.17, 15) is 4.79 Å². The van der Waals surface area contributed by atoms with E-state index in [1.165, 1.54) is 11.8 Å². The van der Waals surface area contributed by atoms with Crippen LogP contribution in [0.25, 0.3) is 0 Å². The molecular weight excluding hydrogens is 288 g/mol. The van der Waals surface area contributed by atoms with Crippen molar-refractivity contribution in [3.63, 3.8) is 0 Å². The third-order valence-corrected chi connectivity index (χ3v) is 4.42. The van der Waals surface area contributed by atoms with E-state index in [1.807, 2.05) is 39.3 Å². The Kier molecular flexibility index (Phi) is 4.66. The van der Waals surface area contributed by atoms with Crippen LogP contribution in [0.5, 0.6) is 0 Å². The Morgan fingerprint density at radius 3 is 2.76 bits per heavy atom. The van der Waals surface area contributed by atoms with Gasteiger partial charge in [0.25, 0.3) is 0 Å². The van der Waals surface area contributed by atoms with Gasteiger partial charge in [-0.3, -0.25) is 9.48 Å². The third kappa shape index (κ3) is 3.26. The summed E-state index contributed by atoms with van der Waals surface area (Å²) in [5.74, 6) is -0.0650. The highest BCUT2D eigenvalue weighted by molar-refractivity contribution is 8.00. The van der Waals surface area contributed by atoms with Gasteiger partial charge in [-0.2, -0.15) is 5.10 Å². The van der Waals surface area contributed by atoms with Gasteiger partial charge in [-0.1, -0.05) is 11.8 Å². The molecule has 1 amide bonds. The smallest absolute Gasteiger partial charge is 0.237 e. The Bertz CT molecular complexity index is 647. The Hall–Kier alpha value is -1.83. The summed E-state index contributed by atoms with van der Waals surface area (Å²) in [6.45, 7) is 8.47. The minimum Gasteiger partial charge on any atom is -0.322 e. The third-order valence-electron chi connectivity index (χ3n) is 3.33. The Morgan fingerprint density at radius 2 is 2.19 bits per heavy atom. The number of aromatic nitrogens is 5. The largest absolute Gasteiger partial charge is 0.322 e. The van der Waals surface area contributed by atoms with Gasteiger partial charge in [-0.15, -0.1) is 10.2 Å². The van der Waals surface area contributed by atoms with Crippen LogP contribution in [0.4, 0.5) is 5.69 Å². The molecule has 0 fully saturated rings. The van der Waals surface area contributed by atoms with Gasteiger partial charge in [0.15, 0.2) is 5.16 Å². The van der Waals surface area contributed by atoms with Gasteiger partial charge in [-0.05, 0) is 27.7 Å². The molecule has 0 aromatic carbocycles. The highest BCUT2D eigenvalue weighted by atomic mass is 32.2. The standard InChI is InChI=1S/C13H20N6OS/c1-6-19-7-14-16-13(19)21-10(4)12(20)15-11-8(2)17-18(5)9(11)3/h7,10H,6H2,1-5H3,(H,15,20)/t10-/m0/s1. The van der Waals surface area contributed by atoms with Gasteiger partial charge in [0.1, 0.15) is 6.33 Å². The lowest BCUT2D eigenvalue weighted by atomic mass is 10.3. The van der Waals surface area contributed by atoms with Gasteiger partial charge in [0.05, 0.1) is 22.3 Å². The summed E-state index contributed by atoms with van der Waals surface area (Å²) in [6.07, 6.45) is 1.67. The second-order valence-corrected chi connectivity index (χ2v) is 6.13. The van der Waals surface area contributed by atoms with E-state index in [0.29, 0.717) is 0 Å². The molecule has 1 atom stereocenters. The lowest BCUT2D eigenvalue weighted by Crippen LogP contribution is -2.23. The predicted molar refractivity (Wildman–Crippen MR) is 82.3 cm³/mol. The second-order valence-electron chi connectivity index (χ2n) is 4.82. The quantitative estimate of drug-likeness (QED) is 0.852. The first-order valence-electron chi connectivity index (χ1n) is 6.79. The van der Waals surface area contributed by atoms with Crippen molar-refractivity contribution in [1.29, 1.82) is 0 Å². The number of amides is 1. The second kappa shape index (κ2) is 6.30. The Balaban J connectivity index is 2.06. The molecule has 7 nitrogen and oxygen atoms in total. The molecule has 114 valence electrons. The molecule has 8 heteroatoms. The van der Waals surface area contributed by atoms with Crippen molar-refractivity contribution in [1.82, 2.24) is 24.5 Å². The van der Waals surface area contributed by atoms with Crippen molar-refractivity contribution in [2.75, 3.05) is 5.32 Å². The van der Waals surface area contributed by atoms with Crippen LogP contribution in [0.1, 0.15) is 25.2 Å². The van der Waals surface area contributed by atoms with Crippen molar-refractivity contribution < 1.29 is 4.79 Å². The lowest BCUT2D eigenvalue weighted by molar-refractivity contribution is -0.115. The molecule has 21 heavy (non-hydrogen) atoms. The molecule has 2 aromatic rings. The van der Waals surface area contributed by atoms with Gasteiger partial charge in [0.2, 0.25) is 5.91 Å². The maximum Gasteiger partial charge on any atom is 0.237 e. The number of hydrogen-bond donors (Lipinski definition) is 1. The highest BCUT2D eigenvalue weighted by Gasteiger charge is 2.20. The number of hydrogen-bond acceptors (Lipinski definition) is 5. The van der Waals surface area contributed by atoms with Gasteiger partial charge >= 0.3 is 0 Å². The number of nitrogens with zero attached hydrogens (tertiary/aromatic N) is 5. The van der Waals surface area contributed by atoms with E-state index in [0.717, 1.165) is 28.8 Å². The minimum absolute atomic E-state index is 0.0650. The number of carbonyl (C=O) groups excluding carboxylic acids is 1. The summed E-state index contributed by atoms with van der Waals surface area (Å²) in [7, 11) is 1.86. The van der Waals surface area contributed by atoms with Crippen molar-refractivity contribution in [3.8, 4) is 0 Å². The van der Waals surface area contributed by atoms with E-state index in [1.54, 1.807) is 11.0 Å². The van der Waals surface area contributed by atoms with Gasteiger partial charge in [-0.25, -0.2) is 0 Å². The topological polar surface area (TPSA) is 77.6 Å². The minimum atomic E-state index is -0.265. The molecule has 2 heterocycles. The molecule has 0 aliphatic rings. The number of thioether (sulfide) groups is 1. The fourth-order valence-corrected chi connectivity index (χ4v) is 2.83. The maximum absolute atomic E-state index is 12.3. The first kappa shape index (κ1) is 15.6. The molecule has 0 saturated carbocycles. The fraction of sp³-hybridized carbons (Fsp3) is 0.538. The van der Waals surface area contributed by atoms with E-state index >= 15 is 0 Å². The zero-order valence-electron chi connectivity index (χ0n) is 12.9. The molecule has 0 saturated heterocycles. The molecule has 1 N–H and O–H groups in total. The van der Waals surface area contributed by atoms with Crippen molar-refractivity contribution in [2.45, 2.75) is 44.6 Å². The van der Waals surface area contributed by atoms with E-state index in [4.69, 9.17) is 0 Å². The summed E-state index contributed by atoms with van der Waals surface area (Å²) in [6, 6.07) is 0. The van der Waals surface area contributed by atoms with Crippen LogP contribution in [-0.4, -0.2) is 35.7 Å².